The second kappa shape index (κ2) is 11.3. The summed E-state index contributed by atoms with van der Waals surface area (Å²) < 4.78 is 61.1. The Balaban J connectivity index is 1.74. The number of alkyl halides is 3. The number of nitrogens with one attached hydrogen (secondary N) is 1. The molecule has 0 saturated carbocycles. The first kappa shape index (κ1) is 28.1. The number of aliphatic hydroxyl groups is 1. The summed E-state index contributed by atoms with van der Waals surface area (Å²) in [5.41, 5.74) is -0.595. The van der Waals surface area contributed by atoms with Crippen LogP contribution in [0.3, 0.4) is 0 Å². The maximum absolute atomic E-state index is 14.8. The highest BCUT2D eigenvalue weighted by atomic mass is 19.4. The summed E-state index contributed by atoms with van der Waals surface area (Å²) in [5, 5.41) is 11.9. The number of hydrogen-bond acceptors (Lipinski definition) is 4. The molecule has 2 aromatic carbocycles. The molecule has 5 nitrogen and oxygen atoms in total. The van der Waals surface area contributed by atoms with E-state index < -0.39 is 28.9 Å². The average molecular weight is 520 g/mol. The zero-order valence-electron chi connectivity index (χ0n) is 20.8. The number of amides is 1. The lowest BCUT2D eigenvalue weighted by atomic mass is 9.84. The van der Waals surface area contributed by atoms with Gasteiger partial charge in [-0.3, -0.25) is 9.59 Å². The largest absolute Gasteiger partial charge is 0.490 e. The SMILES string of the molecule is CCOC1=CC(c2ccc(CC(=O)Nc3ccc(CC(C)(C)CO)c(C(F)(F)F)c3)cc2F)=CCC1=O. The van der Waals surface area contributed by atoms with Crippen molar-refractivity contribution in [2.24, 2.45) is 5.41 Å². The molecule has 1 aliphatic rings. The number of anilines is 1. The summed E-state index contributed by atoms with van der Waals surface area (Å²) in [4.78, 5) is 24.4. The molecule has 0 spiro atoms. The van der Waals surface area contributed by atoms with Gasteiger partial charge in [0.15, 0.2) is 5.76 Å². The normalized spacial score (nSPS) is 14.2. The maximum atomic E-state index is 14.8. The Morgan fingerprint density at radius 2 is 1.86 bits per heavy atom. The number of aliphatic hydroxyl groups excluding tert-OH is 1. The van der Waals surface area contributed by atoms with E-state index in [2.05, 4.69) is 5.32 Å². The molecular formula is C28H29F4NO4. The van der Waals surface area contributed by atoms with Gasteiger partial charge in [0, 0.05) is 24.3 Å². The van der Waals surface area contributed by atoms with Crippen molar-refractivity contribution in [1.82, 2.24) is 0 Å². The number of hydrogen-bond donors (Lipinski definition) is 2. The molecule has 0 aliphatic heterocycles. The number of Topliss-reactive ketones (excluding diaryl/α,β-unsaturated/α-hetero) is 1. The van der Waals surface area contributed by atoms with Gasteiger partial charge in [-0.25, -0.2) is 4.39 Å². The number of halogens is 4. The topological polar surface area (TPSA) is 75.6 Å². The molecule has 2 N–H and O–H groups in total. The van der Waals surface area contributed by atoms with Crippen LogP contribution < -0.4 is 5.32 Å². The molecule has 2 aromatic rings. The fourth-order valence-corrected chi connectivity index (χ4v) is 3.99. The number of carbonyl (C=O) groups excluding carboxylic acids is 2. The van der Waals surface area contributed by atoms with Gasteiger partial charge < -0.3 is 15.2 Å². The third-order valence-electron chi connectivity index (χ3n) is 5.87. The van der Waals surface area contributed by atoms with Gasteiger partial charge in [0.2, 0.25) is 11.7 Å². The lowest BCUT2D eigenvalue weighted by Gasteiger charge is -2.24. The van der Waals surface area contributed by atoms with Gasteiger partial charge >= 0.3 is 6.18 Å². The fourth-order valence-electron chi connectivity index (χ4n) is 3.99. The van der Waals surface area contributed by atoms with E-state index in [1.807, 2.05) is 0 Å². The van der Waals surface area contributed by atoms with Crippen LogP contribution in [0.2, 0.25) is 0 Å². The van der Waals surface area contributed by atoms with Gasteiger partial charge in [0.05, 0.1) is 18.6 Å². The average Bonchev–Trinajstić information content (AvgIpc) is 2.81. The van der Waals surface area contributed by atoms with Crippen molar-refractivity contribution in [3.05, 3.63) is 82.4 Å². The quantitative estimate of drug-likeness (QED) is 0.407. The second-order valence-electron chi connectivity index (χ2n) is 9.64. The summed E-state index contributed by atoms with van der Waals surface area (Å²) in [6, 6.07) is 7.74. The van der Waals surface area contributed by atoms with E-state index >= 15 is 0 Å². The third-order valence-corrected chi connectivity index (χ3v) is 5.87. The molecule has 1 amide bonds. The van der Waals surface area contributed by atoms with Crippen LogP contribution in [0.4, 0.5) is 23.2 Å². The second-order valence-corrected chi connectivity index (χ2v) is 9.64. The van der Waals surface area contributed by atoms with Crippen molar-refractivity contribution >= 4 is 23.0 Å². The van der Waals surface area contributed by atoms with Crippen molar-refractivity contribution in [2.45, 2.75) is 46.2 Å². The summed E-state index contributed by atoms with van der Waals surface area (Å²) >= 11 is 0. The predicted molar refractivity (Wildman–Crippen MR) is 132 cm³/mol. The lowest BCUT2D eigenvalue weighted by Crippen LogP contribution is -2.22. The van der Waals surface area contributed by atoms with E-state index in [9.17, 15) is 32.3 Å². The van der Waals surface area contributed by atoms with Gasteiger partial charge in [0.25, 0.3) is 0 Å². The summed E-state index contributed by atoms with van der Waals surface area (Å²) in [6.07, 6.45) is -1.74. The number of ether oxygens (including phenoxy) is 1. The number of allylic oxidation sites excluding steroid dienone is 4. The smallest absolute Gasteiger partial charge is 0.416 e. The number of rotatable bonds is 9. The maximum Gasteiger partial charge on any atom is 0.416 e. The Morgan fingerprint density at radius 1 is 1.14 bits per heavy atom. The Kier molecular flexibility index (Phi) is 8.58. The molecule has 9 heteroatoms. The molecule has 1 aliphatic carbocycles. The predicted octanol–water partition coefficient (Wildman–Crippen LogP) is 5.86. The van der Waals surface area contributed by atoms with Gasteiger partial charge in [-0.2, -0.15) is 13.2 Å². The number of carbonyl (C=O) groups is 2. The highest BCUT2D eigenvalue weighted by molar-refractivity contribution is 6.01. The molecule has 0 unspecified atom stereocenters. The Hall–Kier alpha value is -3.46. The molecule has 0 radical (unpaired) electrons. The van der Waals surface area contributed by atoms with Crippen LogP contribution in [0.25, 0.3) is 5.57 Å². The van der Waals surface area contributed by atoms with E-state index in [0.29, 0.717) is 17.7 Å². The van der Waals surface area contributed by atoms with Crippen molar-refractivity contribution in [2.75, 3.05) is 18.5 Å². The van der Waals surface area contributed by atoms with Crippen molar-refractivity contribution in [3.63, 3.8) is 0 Å². The Morgan fingerprint density at radius 3 is 2.49 bits per heavy atom. The lowest BCUT2D eigenvalue weighted by molar-refractivity contribution is -0.138. The van der Waals surface area contributed by atoms with Gasteiger partial charge in [0.1, 0.15) is 5.82 Å². The molecule has 0 heterocycles. The first-order valence-electron chi connectivity index (χ1n) is 11.8. The number of ketones is 1. The molecular weight excluding hydrogens is 490 g/mol. The molecule has 0 bridgehead atoms. The molecule has 0 saturated heterocycles. The first-order valence-corrected chi connectivity index (χ1v) is 11.8. The monoisotopic (exact) mass is 519 g/mol. The van der Waals surface area contributed by atoms with Gasteiger partial charge in [-0.1, -0.05) is 38.1 Å². The summed E-state index contributed by atoms with van der Waals surface area (Å²) in [7, 11) is 0. The van der Waals surface area contributed by atoms with Crippen LogP contribution in [0.5, 0.6) is 0 Å². The molecule has 3 rings (SSSR count). The van der Waals surface area contributed by atoms with Crippen molar-refractivity contribution < 1.29 is 37.0 Å². The zero-order valence-corrected chi connectivity index (χ0v) is 20.8. The minimum absolute atomic E-state index is 0.00401. The van der Waals surface area contributed by atoms with Crippen molar-refractivity contribution in [3.8, 4) is 0 Å². The Labute approximate surface area is 212 Å². The van der Waals surface area contributed by atoms with Crippen molar-refractivity contribution in [1.29, 1.82) is 0 Å². The van der Waals surface area contributed by atoms with Gasteiger partial charge in [-0.15, -0.1) is 0 Å². The minimum atomic E-state index is -4.64. The molecule has 0 aromatic heterocycles. The molecule has 37 heavy (non-hydrogen) atoms. The first-order chi connectivity index (χ1) is 17.3. The minimum Gasteiger partial charge on any atom is -0.490 e. The van der Waals surface area contributed by atoms with E-state index in [0.717, 1.165) is 6.07 Å². The van der Waals surface area contributed by atoms with E-state index in [4.69, 9.17) is 4.74 Å². The van der Waals surface area contributed by atoms with Crippen LogP contribution in [-0.4, -0.2) is 30.0 Å². The van der Waals surface area contributed by atoms with E-state index in [-0.39, 0.29) is 54.2 Å². The molecule has 0 fully saturated rings. The Bertz CT molecular complexity index is 1250. The van der Waals surface area contributed by atoms with Gasteiger partial charge in [-0.05, 0) is 59.7 Å². The fraction of sp³-hybridized carbons (Fsp3) is 0.357. The number of benzene rings is 2. The molecule has 0 atom stereocenters. The summed E-state index contributed by atoms with van der Waals surface area (Å²) in [6.45, 7) is 5.08. The zero-order chi connectivity index (χ0) is 27.4. The van der Waals surface area contributed by atoms with Crippen LogP contribution in [0, 0.1) is 11.2 Å². The highest BCUT2D eigenvalue weighted by Gasteiger charge is 2.35. The van der Waals surface area contributed by atoms with E-state index in [1.165, 1.54) is 30.3 Å². The third kappa shape index (κ3) is 7.29. The van der Waals surface area contributed by atoms with Crippen LogP contribution in [0.1, 0.15) is 49.4 Å². The van der Waals surface area contributed by atoms with Crippen LogP contribution in [0.15, 0.2) is 54.3 Å². The summed E-state index contributed by atoms with van der Waals surface area (Å²) in [5.74, 6) is -1.25. The highest BCUT2D eigenvalue weighted by Crippen LogP contribution is 2.36. The standard InChI is InChI=1S/C28H29F4NO4/c1-4-37-25-13-18(7-10-24(25)35)21-9-5-17(11-23(21)29)12-26(36)33-20-8-6-19(15-27(2,3)16-34)22(14-20)28(30,31)32/h5-9,11,13-14,34H,4,10,12,15-16H2,1-3H3,(H,33,36). The van der Waals surface area contributed by atoms with E-state index in [1.54, 1.807) is 32.9 Å². The van der Waals surface area contributed by atoms with Crippen LogP contribution >= 0.6 is 0 Å². The molecule has 198 valence electrons. The van der Waals surface area contributed by atoms with Crippen LogP contribution in [-0.2, 0) is 33.3 Å².